The van der Waals surface area contributed by atoms with Crippen LogP contribution in [0.4, 0.5) is 0 Å². The number of carbonyl (C=O) groups is 1. The minimum absolute atomic E-state index is 0.219. The van der Waals surface area contributed by atoms with Gasteiger partial charge < -0.3 is 10.5 Å². The summed E-state index contributed by atoms with van der Waals surface area (Å²) in [7, 11) is 1.61. The van der Waals surface area contributed by atoms with Gasteiger partial charge in [0.15, 0.2) is 0 Å². The Labute approximate surface area is 108 Å². The van der Waals surface area contributed by atoms with E-state index in [0.717, 1.165) is 15.1 Å². The Bertz CT molecular complexity index is 384. The summed E-state index contributed by atoms with van der Waals surface area (Å²) in [6, 6.07) is 5.68. The first kappa shape index (κ1) is 13.4. The number of methoxy groups -OCH3 is 1. The fourth-order valence-corrected chi connectivity index (χ4v) is 2.80. The summed E-state index contributed by atoms with van der Waals surface area (Å²) in [6.45, 7) is 1.94. The van der Waals surface area contributed by atoms with Crippen molar-refractivity contribution in [2.75, 3.05) is 7.11 Å². The number of primary amides is 1. The summed E-state index contributed by atoms with van der Waals surface area (Å²) in [5.74, 6) is 0.461. The van der Waals surface area contributed by atoms with Gasteiger partial charge in [-0.2, -0.15) is 0 Å². The number of rotatable bonds is 5. The highest BCUT2D eigenvalue weighted by atomic mass is 79.9. The van der Waals surface area contributed by atoms with E-state index in [2.05, 4.69) is 15.9 Å². The van der Waals surface area contributed by atoms with Crippen molar-refractivity contribution < 1.29 is 9.53 Å². The second kappa shape index (κ2) is 6.15. The molecule has 1 aromatic rings. The first-order chi connectivity index (χ1) is 7.58. The summed E-state index contributed by atoms with van der Waals surface area (Å²) in [4.78, 5) is 12.1. The van der Waals surface area contributed by atoms with E-state index in [9.17, 15) is 4.79 Å². The van der Waals surface area contributed by atoms with Gasteiger partial charge in [0, 0.05) is 4.47 Å². The smallest absolute Gasteiger partial charge is 0.230 e. The number of hydrogen-bond donors (Lipinski definition) is 1. The van der Waals surface area contributed by atoms with Crippen molar-refractivity contribution in [2.24, 2.45) is 5.73 Å². The molecule has 0 aliphatic rings. The Hall–Kier alpha value is -0.680. The molecule has 1 rings (SSSR count). The van der Waals surface area contributed by atoms with E-state index in [0.29, 0.717) is 6.42 Å². The third-order valence-corrected chi connectivity index (χ3v) is 4.00. The highest BCUT2D eigenvalue weighted by molar-refractivity contribution is 9.10. The maximum atomic E-state index is 11.2. The largest absolute Gasteiger partial charge is 0.496 e. The number of nitrogens with two attached hydrogens (primary N) is 1. The maximum Gasteiger partial charge on any atom is 0.230 e. The van der Waals surface area contributed by atoms with Crippen molar-refractivity contribution in [1.82, 2.24) is 0 Å². The van der Waals surface area contributed by atoms with Gasteiger partial charge in [-0.25, -0.2) is 0 Å². The Morgan fingerprint density at radius 3 is 2.81 bits per heavy atom. The Kier molecular flexibility index (Phi) is 5.15. The van der Waals surface area contributed by atoms with Gasteiger partial charge >= 0.3 is 0 Å². The number of hydrogen-bond acceptors (Lipinski definition) is 3. The molecule has 3 nitrogen and oxygen atoms in total. The van der Waals surface area contributed by atoms with Crippen LogP contribution < -0.4 is 10.5 Å². The highest BCUT2D eigenvalue weighted by Crippen LogP contribution is 2.35. The molecular weight excluding hydrogens is 290 g/mol. The number of halogens is 1. The van der Waals surface area contributed by atoms with Crippen molar-refractivity contribution in [1.29, 1.82) is 0 Å². The molecule has 0 aliphatic carbocycles. The van der Waals surface area contributed by atoms with Crippen LogP contribution in [-0.4, -0.2) is 18.3 Å². The van der Waals surface area contributed by atoms with Crippen molar-refractivity contribution in [3.05, 3.63) is 22.7 Å². The fraction of sp³-hybridized carbons (Fsp3) is 0.364. The van der Waals surface area contributed by atoms with E-state index < -0.39 is 0 Å². The molecule has 16 heavy (non-hydrogen) atoms. The molecule has 1 aromatic carbocycles. The van der Waals surface area contributed by atoms with Gasteiger partial charge in [-0.3, -0.25) is 4.79 Å². The second-order valence-electron chi connectivity index (χ2n) is 3.21. The standard InChI is InChI=1S/C11H14BrNO2S/c1-3-9(11(13)14)16-10-6-7(12)4-5-8(10)15-2/h4-6,9H,3H2,1-2H3,(H2,13,14)/t9-/m1/s1. The molecule has 0 aromatic heterocycles. The van der Waals surface area contributed by atoms with Crippen LogP contribution in [0, 0.1) is 0 Å². The molecule has 1 atom stereocenters. The quantitative estimate of drug-likeness (QED) is 0.851. The van der Waals surface area contributed by atoms with Crippen molar-refractivity contribution >= 4 is 33.6 Å². The molecule has 1 amide bonds. The first-order valence-corrected chi connectivity index (χ1v) is 6.55. The molecule has 2 N–H and O–H groups in total. The zero-order valence-corrected chi connectivity index (χ0v) is 11.6. The monoisotopic (exact) mass is 303 g/mol. The molecule has 88 valence electrons. The molecule has 0 radical (unpaired) electrons. The average molecular weight is 304 g/mol. The summed E-state index contributed by atoms with van der Waals surface area (Å²) in [5.41, 5.74) is 5.31. The Morgan fingerprint density at radius 2 is 2.31 bits per heavy atom. The van der Waals surface area contributed by atoms with E-state index in [4.69, 9.17) is 10.5 Å². The van der Waals surface area contributed by atoms with E-state index >= 15 is 0 Å². The van der Waals surface area contributed by atoms with Gasteiger partial charge in [0.1, 0.15) is 5.75 Å². The Morgan fingerprint density at radius 1 is 1.62 bits per heavy atom. The molecule has 0 heterocycles. The zero-order valence-electron chi connectivity index (χ0n) is 9.20. The van der Waals surface area contributed by atoms with Crippen LogP contribution >= 0.6 is 27.7 Å². The fourth-order valence-electron chi connectivity index (χ4n) is 1.24. The van der Waals surface area contributed by atoms with Gasteiger partial charge in [-0.05, 0) is 24.6 Å². The minimum Gasteiger partial charge on any atom is -0.496 e. The molecular formula is C11H14BrNO2S. The second-order valence-corrected chi connectivity index (χ2v) is 5.37. The molecule has 0 saturated carbocycles. The van der Waals surface area contributed by atoms with Gasteiger partial charge in [0.05, 0.1) is 17.3 Å². The van der Waals surface area contributed by atoms with Crippen LogP contribution in [0.5, 0.6) is 5.75 Å². The third-order valence-electron chi connectivity index (χ3n) is 2.08. The number of ether oxygens (including phenoxy) is 1. The van der Waals surface area contributed by atoms with Gasteiger partial charge in [0.25, 0.3) is 0 Å². The summed E-state index contributed by atoms with van der Waals surface area (Å²) in [5, 5.41) is -0.219. The number of amides is 1. The lowest BCUT2D eigenvalue weighted by atomic mass is 10.3. The van der Waals surface area contributed by atoms with E-state index in [1.165, 1.54) is 11.8 Å². The topological polar surface area (TPSA) is 52.3 Å². The summed E-state index contributed by atoms with van der Waals surface area (Å²) < 4.78 is 6.19. The van der Waals surface area contributed by atoms with Crippen molar-refractivity contribution in [3.63, 3.8) is 0 Å². The van der Waals surface area contributed by atoms with Crippen LogP contribution in [0.2, 0.25) is 0 Å². The molecule has 0 fully saturated rings. The predicted octanol–water partition coefficient (Wildman–Crippen LogP) is 2.81. The van der Waals surface area contributed by atoms with Gasteiger partial charge in [-0.15, -0.1) is 11.8 Å². The maximum absolute atomic E-state index is 11.2. The summed E-state index contributed by atoms with van der Waals surface area (Å²) >= 11 is 4.82. The number of benzene rings is 1. The third kappa shape index (κ3) is 3.42. The van der Waals surface area contributed by atoms with Crippen molar-refractivity contribution in [2.45, 2.75) is 23.5 Å². The Balaban J connectivity index is 2.93. The SMILES string of the molecule is CC[C@@H](Sc1cc(Br)ccc1OC)C(N)=O. The lowest BCUT2D eigenvalue weighted by Crippen LogP contribution is -2.24. The number of thioether (sulfide) groups is 1. The molecule has 0 saturated heterocycles. The zero-order chi connectivity index (χ0) is 12.1. The molecule has 0 aliphatic heterocycles. The van der Waals surface area contributed by atoms with E-state index in [1.807, 2.05) is 25.1 Å². The highest BCUT2D eigenvalue weighted by Gasteiger charge is 2.16. The average Bonchev–Trinajstić information content (AvgIpc) is 2.25. The van der Waals surface area contributed by atoms with Crippen LogP contribution in [0.3, 0.4) is 0 Å². The molecule has 0 bridgehead atoms. The minimum atomic E-state index is -0.297. The van der Waals surface area contributed by atoms with Crippen LogP contribution in [0.1, 0.15) is 13.3 Å². The lowest BCUT2D eigenvalue weighted by Gasteiger charge is -2.13. The van der Waals surface area contributed by atoms with Gasteiger partial charge in [0.2, 0.25) is 5.91 Å². The normalized spacial score (nSPS) is 12.2. The van der Waals surface area contributed by atoms with Crippen LogP contribution in [0.15, 0.2) is 27.6 Å². The van der Waals surface area contributed by atoms with Crippen LogP contribution in [-0.2, 0) is 4.79 Å². The van der Waals surface area contributed by atoms with Gasteiger partial charge in [-0.1, -0.05) is 22.9 Å². The molecule has 5 heteroatoms. The van der Waals surface area contributed by atoms with E-state index in [-0.39, 0.29) is 11.2 Å². The lowest BCUT2D eigenvalue weighted by molar-refractivity contribution is -0.117. The molecule has 0 unspecified atom stereocenters. The first-order valence-electron chi connectivity index (χ1n) is 4.88. The molecule has 0 spiro atoms. The van der Waals surface area contributed by atoms with Crippen molar-refractivity contribution in [3.8, 4) is 5.75 Å². The number of carbonyl (C=O) groups excluding carboxylic acids is 1. The summed E-state index contributed by atoms with van der Waals surface area (Å²) in [6.07, 6.45) is 0.704. The van der Waals surface area contributed by atoms with E-state index in [1.54, 1.807) is 7.11 Å². The van der Waals surface area contributed by atoms with Crippen LogP contribution in [0.25, 0.3) is 0 Å². The predicted molar refractivity (Wildman–Crippen MR) is 69.8 cm³/mol.